The first-order valence-electron chi connectivity index (χ1n) is 8.81. The largest absolute Gasteiger partial charge is 0.358 e. The van der Waals surface area contributed by atoms with Crippen LogP contribution in [0.3, 0.4) is 0 Å². The molecule has 0 spiro atoms. The number of benzene rings is 1. The van der Waals surface area contributed by atoms with Crippen LogP contribution in [0.4, 0.5) is 0 Å². The van der Waals surface area contributed by atoms with Gasteiger partial charge in [-0.1, -0.05) is 18.2 Å². The van der Waals surface area contributed by atoms with Gasteiger partial charge in [0.05, 0.1) is 32.5 Å². The number of para-hydroxylation sites is 1. The number of aromatic amines is 1. The van der Waals surface area contributed by atoms with Gasteiger partial charge in [0.15, 0.2) is 0 Å². The van der Waals surface area contributed by atoms with Crippen LogP contribution in [0.25, 0.3) is 10.9 Å². The van der Waals surface area contributed by atoms with Crippen LogP contribution in [0.1, 0.15) is 30.0 Å². The topological polar surface area (TPSA) is 57.6 Å². The second-order valence-corrected chi connectivity index (χ2v) is 7.32. The normalized spacial score (nSPS) is 23.2. The van der Waals surface area contributed by atoms with Crippen LogP contribution in [0.5, 0.6) is 0 Å². The molecule has 1 aliphatic carbocycles. The molecule has 2 atom stereocenters. The minimum Gasteiger partial charge on any atom is -0.358 e. The summed E-state index contributed by atoms with van der Waals surface area (Å²) in [5.41, 5.74) is 3.28. The Morgan fingerprint density at radius 1 is 1.21 bits per heavy atom. The van der Waals surface area contributed by atoms with Gasteiger partial charge in [0.2, 0.25) is 11.8 Å². The average Bonchev–Trinajstić information content (AvgIpc) is 3.05. The molecule has 2 aromatic rings. The molecule has 126 valence electrons. The number of nitrogens with zero attached hydrogens (tertiary/aromatic N) is 1. The highest BCUT2D eigenvalue weighted by Crippen LogP contribution is 2.45. The van der Waals surface area contributed by atoms with Crippen LogP contribution in [0.15, 0.2) is 24.3 Å². The molecule has 5 nitrogen and oxygen atoms in total. The SMILES string of the molecule is C[NH+](C)CCCN1C(=O)[C@H]2CCc3[nH]c4ccccc4c3[C@H]2C1=O. The number of amides is 2. The van der Waals surface area contributed by atoms with Gasteiger partial charge in [0, 0.05) is 29.6 Å². The van der Waals surface area contributed by atoms with E-state index in [0.29, 0.717) is 6.54 Å². The van der Waals surface area contributed by atoms with Crippen LogP contribution < -0.4 is 4.90 Å². The van der Waals surface area contributed by atoms with Gasteiger partial charge in [-0.05, 0) is 24.5 Å². The van der Waals surface area contributed by atoms with E-state index >= 15 is 0 Å². The van der Waals surface area contributed by atoms with E-state index in [1.807, 2.05) is 18.2 Å². The van der Waals surface area contributed by atoms with Gasteiger partial charge in [0.1, 0.15) is 0 Å². The summed E-state index contributed by atoms with van der Waals surface area (Å²) in [6.07, 6.45) is 2.48. The number of fused-ring (bicyclic) bond motifs is 5. The smallest absolute Gasteiger partial charge is 0.237 e. The minimum absolute atomic E-state index is 0.00413. The Morgan fingerprint density at radius 3 is 2.79 bits per heavy atom. The van der Waals surface area contributed by atoms with Crippen LogP contribution in [-0.4, -0.2) is 48.9 Å². The Morgan fingerprint density at radius 2 is 2.00 bits per heavy atom. The molecule has 24 heavy (non-hydrogen) atoms. The first-order chi connectivity index (χ1) is 11.6. The maximum absolute atomic E-state index is 13.0. The monoisotopic (exact) mass is 326 g/mol. The summed E-state index contributed by atoms with van der Waals surface area (Å²) >= 11 is 0. The molecule has 1 aromatic heterocycles. The van der Waals surface area contributed by atoms with Crippen molar-refractivity contribution >= 4 is 22.7 Å². The van der Waals surface area contributed by atoms with E-state index in [4.69, 9.17) is 0 Å². The minimum atomic E-state index is -0.288. The molecule has 2 aliphatic rings. The van der Waals surface area contributed by atoms with Crippen molar-refractivity contribution in [3.63, 3.8) is 0 Å². The highest BCUT2D eigenvalue weighted by molar-refractivity contribution is 6.10. The molecular formula is C19H24N3O2+. The van der Waals surface area contributed by atoms with Crippen LogP contribution >= 0.6 is 0 Å². The number of aromatic nitrogens is 1. The molecule has 0 unspecified atom stereocenters. The zero-order chi connectivity index (χ0) is 16.8. The number of carbonyl (C=O) groups excluding carboxylic acids is 2. The lowest BCUT2D eigenvalue weighted by Crippen LogP contribution is -3.05. The predicted molar refractivity (Wildman–Crippen MR) is 91.9 cm³/mol. The van der Waals surface area contributed by atoms with Gasteiger partial charge in [-0.15, -0.1) is 0 Å². The summed E-state index contributed by atoms with van der Waals surface area (Å²) in [5, 5.41) is 1.10. The summed E-state index contributed by atoms with van der Waals surface area (Å²) in [6, 6.07) is 8.10. The van der Waals surface area contributed by atoms with Crippen LogP contribution in [0.2, 0.25) is 0 Å². The maximum Gasteiger partial charge on any atom is 0.237 e. The Hall–Kier alpha value is -2.14. The van der Waals surface area contributed by atoms with Gasteiger partial charge in [0.25, 0.3) is 0 Å². The molecule has 1 aromatic carbocycles. The van der Waals surface area contributed by atoms with E-state index in [2.05, 4.69) is 25.1 Å². The van der Waals surface area contributed by atoms with Crippen molar-refractivity contribution in [2.75, 3.05) is 27.2 Å². The van der Waals surface area contributed by atoms with Crippen molar-refractivity contribution in [3.05, 3.63) is 35.5 Å². The summed E-state index contributed by atoms with van der Waals surface area (Å²) in [7, 11) is 4.18. The van der Waals surface area contributed by atoms with Gasteiger partial charge in [-0.2, -0.15) is 0 Å². The molecule has 5 heteroatoms. The molecule has 1 fully saturated rings. The number of aryl methyl sites for hydroxylation is 1. The van der Waals surface area contributed by atoms with Crippen molar-refractivity contribution in [2.45, 2.75) is 25.2 Å². The molecule has 4 rings (SSSR count). The average molecular weight is 326 g/mol. The highest BCUT2D eigenvalue weighted by atomic mass is 16.2. The fourth-order valence-corrected chi connectivity index (χ4v) is 4.29. The van der Waals surface area contributed by atoms with Gasteiger partial charge in [-0.25, -0.2) is 0 Å². The lowest BCUT2D eigenvalue weighted by molar-refractivity contribution is -0.858. The molecule has 2 heterocycles. The fourth-order valence-electron chi connectivity index (χ4n) is 4.29. The van der Waals surface area contributed by atoms with Gasteiger partial charge < -0.3 is 9.88 Å². The Kier molecular flexibility index (Phi) is 3.68. The fraction of sp³-hybridized carbons (Fsp3) is 0.474. The van der Waals surface area contributed by atoms with Crippen molar-refractivity contribution in [1.29, 1.82) is 0 Å². The number of carbonyl (C=O) groups is 2. The number of quaternary nitrogens is 1. The Bertz CT molecular complexity index is 808. The van der Waals surface area contributed by atoms with E-state index < -0.39 is 0 Å². The molecule has 0 bridgehead atoms. The standard InChI is InChI=1S/C19H23N3O2/c1-21(2)10-5-11-22-18(23)13-8-9-15-16(17(13)19(22)24)12-6-3-4-7-14(12)20-15/h3-4,6-7,13,17,20H,5,8-11H2,1-2H3/p+1/t13-,17-/m0/s1. The number of hydrogen-bond acceptors (Lipinski definition) is 2. The van der Waals surface area contributed by atoms with Crippen molar-refractivity contribution < 1.29 is 14.5 Å². The van der Waals surface area contributed by atoms with Crippen molar-refractivity contribution in [3.8, 4) is 0 Å². The first-order valence-corrected chi connectivity index (χ1v) is 8.81. The predicted octanol–water partition coefficient (Wildman–Crippen LogP) is 0.717. The lowest BCUT2D eigenvalue weighted by Gasteiger charge is -2.21. The molecule has 0 saturated carbocycles. The zero-order valence-electron chi connectivity index (χ0n) is 14.3. The third kappa shape index (κ3) is 2.26. The summed E-state index contributed by atoms with van der Waals surface area (Å²) in [5.74, 6) is -0.417. The quantitative estimate of drug-likeness (QED) is 0.814. The van der Waals surface area contributed by atoms with E-state index in [-0.39, 0.29) is 23.7 Å². The van der Waals surface area contributed by atoms with Crippen molar-refractivity contribution in [1.82, 2.24) is 9.88 Å². The zero-order valence-corrected chi connectivity index (χ0v) is 14.3. The van der Waals surface area contributed by atoms with E-state index in [1.165, 1.54) is 9.80 Å². The number of rotatable bonds is 4. The molecule has 0 radical (unpaired) electrons. The number of nitrogens with one attached hydrogen (secondary N) is 2. The molecule has 2 N–H and O–H groups in total. The van der Waals surface area contributed by atoms with Crippen molar-refractivity contribution in [2.24, 2.45) is 5.92 Å². The lowest BCUT2D eigenvalue weighted by atomic mass is 9.78. The van der Waals surface area contributed by atoms with Crippen LogP contribution in [0, 0.1) is 5.92 Å². The van der Waals surface area contributed by atoms with Gasteiger partial charge in [-0.3, -0.25) is 14.5 Å². The summed E-state index contributed by atoms with van der Waals surface area (Å²) in [4.78, 5) is 32.1. The summed E-state index contributed by atoms with van der Waals surface area (Å²) in [6.45, 7) is 1.51. The number of imide groups is 1. The first kappa shape index (κ1) is 15.4. The third-order valence-corrected chi connectivity index (χ3v) is 5.42. The van der Waals surface area contributed by atoms with E-state index in [9.17, 15) is 9.59 Å². The number of H-pyrrole nitrogens is 1. The Balaban J connectivity index is 1.68. The number of likely N-dealkylation sites (tertiary alicyclic amines) is 1. The second-order valence-electron chi connectivity index (χ2n) is 7.32. The van der Waals surface area contributed by atoms with Gasteiger partial charge >= 0.3 is 0 Å². The number of hydrogen-bond donors (Lipinski definition) is 2. The van der Waals surface area contributed by atoms with E-state index in [0.717, 1.165) is 48.0 Å². The highest BCUT2D eigenvalue weighted by Gasteiger charge is 2.51. The van der Waals surface area contributed by atoms with E-state index in [1.54, 1.807) is 0 Å². The van der Waals surface area contributed by atoms with Crippen LogP contribution in [-0.2, 0) is 16.0 Å². The summed E-state index contributed by atoms with van der Waals surface area (Å²) < 4.78 is 0. The molecule has 1 saturated heterocycles. The Labute approximate surface area is 141 Å². The molecule has 1 aliphatic heterocycles. The third-order valence-electron chi connectivity index (χ3n) is 5.42. The molecular weight excluding hydrogens is 302 g/mol. The maximum atomic E-state index is 13.0. The molecule has 2 amide bonds. The second kappa shape index (κ2) is 5.74.